The van der Waals surface area contributed by atoms with Gasteiger partial charge in [-0.1, -0.05) is 36.0 Å². The van der Waals surface area contributed by atoms with Crippen molar-refractivity contribution in [1.82, 2.24) is 9.55 Å². The van der Waals surface area contributed by atoms with Crippen molar-refractivity contribution in [3.8, 4) is 11.4 Å². The zero-order valence-electron chi connectivity index (χ0n) is 19.5. The fourth-order valence-electron chi connectivity index (χ4n) is 3.86. The molecule has 0 bridgehead atoms. The Kier molecular flexibility index (Phi) is 6.05. The predicted molar refractivity (Wildman–Crippen MR) is 139 cm³/mol. The molecule has 0 aliphatic carbocycles. The zero-order chi connectivity index (χ0) is 24.5. The van der Waals surface area contributed by atoms with Gasteiger partial charge in [0.15, 0.2) is 5.16 Å². The van der Waals surface area contributed by atoms with Gasteiger partial charge in [-0.05, 0) is 67.4 Å². The Bertz CT molecular complexity index is 1620. The van der Waals surface area contributed by atoms with E-state index in [0.29, 0.717) is 27.7 Å². The van der Waals surface area contributed by atoms with Gasteiger partial charge in [-0.15, -0.1) is 0 Å². The number of benzene rings is 3. The van der Waals surface area contributed by atoms with Crippen LogP contribution in [0.3, 0.4) is 0 Å². The summed E-state index contributed by atoms with van der Waals surface area (Å²) in [5, 5.41) is 4.11. The number of amides is 1. The minimum Gasteiger partial charge on any atom is -0.497 e. The van der Waals surface area contributed by atoms with Crippen LogP contribution in [-0.2, 0) is 4.79 Å². The molecule has 8 heteroatoms. The van der Waals surface area contributed by atoms with Crippen LogP contribution in [0.4, 0.5) is 5.69 Å². The molecule has 7 nitrogen and oxygen atoms in total. The summed E-state index contributed by atoms with van der Waals surface area (Å²) in [6, 6.07) is 20.4. The Morgan fingerprint density at radius 3 is 2.63 bits per heavy atom. The first-order valence-electron chi connectivity index (χ1n) is 11.0. The summed E-state index contributed by atoms with van der Waals surface area (Å²) in [5.74, 6) is 0.565. The van der Waals surface area contributed by atoms with Crippen LogP contribution in [0.1, 0.15) is 11.1 Å². The Hall–Kier alpha value is -4.04. The van der Waals surface area contributed by atoms with E-state index in [9.17, 15) is 9.59 Å². The maximum atomic E-state index is 13.6. The quantitative estimate of drug-likeness (QED) is 0.253. The molecule has 1 amide bonds. The van der Waals surface area contributed by atoms with Crippen molar-refractivity contribution in [2.75, 3.05) is 18.2 Å². The summed E-state index contributed by atoms with van der Waals surface area (Å²) < 4.78 is 12.6. The second-order valence-corrected chi connectivity index (χ2v) is 9.11. The lowest BCUT2D eigenvalue weighted by molar-refractivity contribution is -0.113. The molecule has 0 atom stereocenters. The molecule has 0 saturated carbocycles. The number of aryl methyl sites for hydroxylation is 2. The van der Waals surface area contributed by atoms with Crippen molar-refractivity contribution in [3.05, 3.63) is 88.2 Å². The van der Waals surface area contributed by atoms with Crippen LogP contribution in [0.5, 0.6) is 5.75 Å². The Morgan fingerprint density at radius 2 is 1.86 bits per heavy atom. The summed E-state index contributed by atoms with van der Waals surface area (Å²) in [5.41, 5.74) is 4.31. The number of aromatic nitrogens is 2. The first-order valence-corrected chi connectivity index (χ1v) is 12.0. The summed E-state index contributed by atoms with van der Waals surface area (Å²) in [6.45, 7) is 3.93. The number of ether oxygens (including phenoxy) is 1. The van der Waals surface area contributed by atoms with Crippen LogP contribution in [0.15, 0.2) is 81.1 Å². The molecule has 0 unspecified atom stereocenters. The third-order valence-corrected chi connectivity index (χ3v) is 6.63. The van der Waals surface area contributed by atoms with E-state index >= 15 is 0 Å². The Balaban J connectivity index is 1.55. The molecule has 2 aromatic heterocycles. The van der Waals surface area contributed by atoms with Crippen LogP contribution in [0.2, 0.25) is 0 Å². The second kappa shape index (κ2) is 9.31. The molecular weight excluding hydrogens is 462 g/mol. The molecule has 176 valence electrons. The fraction of sp³-hybridized carbons (Fsp3) is 0.148. The number of thioether (sulfide) groups is 1. The van der Waals surface area contributed by atoms with Gasteiger partial charge >= 0.3 is 5.56 Å². The monoisotopic (exact) mass is 485 g/mol. The standard InChI is InChI=1S/C27H23N3O4S/c1-16-8-9-17(2)21(14-16)28-23(31)15-35-27-29-24-20-6-4-5-7-22(20)34-25(24)26(32)30(27)18-10-12-19(33-3)13-11-18/h4-14H,15H2,1-3H3,(H,28,31). The van der Waals surface area contributed by atoms with Crippen molar-refractivity contribution in [2.24, 2.45) is 0 Å². The van der Waals surface area contributed by atoms with Crippen molar-refractivity contribution in [3.63, 3.8) is 0 Å². The zero-order valence-corrected chi connectivity index (χ0v) is 20.3. The van der Waals surface area contributed by atoms with Crippen molar-refractivity contribution in [1.29, 1.82) is 0 Å². The van der Waals surface area contributed by atoms with E-state index in [1.165, 1.54) is 16.3 Å². The van der Waals surface area contributed by atoms with Gasteiger partial charge in [0, 0.05) is 11.1 Å². The number of fused-ring (bicyclic) bond motifs is 3. The lowest BCUT2D eigenvalue weighted by atomic mass is 10.1. The van der Waals surface area contributed by atoms with Gasteiger partial charge in [0.05, 0.1) is 18.6 Å². The van der Waals surface area contributed by atoms with Crippen molar-refractivity contribution >= 4 is 45.4 Å². The van der Waals surface area contributed by atoms with Crippen LogP contribution < -0.4 is 15.6 Å². The van der Waals surface area contributed by atoms with E-state index in [4.69, 9.17) is 14.1 Å². The number of anilines is 1. The van der Waals surface area contributed by atoms with Gasteiger partial charge in [-0.2, -0.15) is 0 Å². The number of nitrogens with one attached hydrogen (secondary N) is 1. The number of para-hydroxylation sites is 1. The fourth-order valence-corrected chi connectivity index (χ4v) is 4.67. The van der Waals surface area contributed by atoms with Gasteiger partial charge in [0.2, 0.25) is 11.5 Å². The third kappa shape index (κ3) is 4.40. The number of carbonyl (C=O) groups is 1. The van der Waals surface area contributed by atoms with E-state index in [1.807, 2.05) is 50.2 Å². The van der Waals surface area contributed by atoms with Crippen LogP contribution in [0, 0.1) is 13.8 Å². The number of rotatable bonds is 6. The highest BCUT2D eigenvalue weighted by Crippen LogP contribution is 2.29. The summed E-state index contributed by atoms with van der Waals surface area (Å²) >= 11 is 1.20. The van der Waals surface area contributed by atoms with Crippen molar-refractivity contribution in [2.45, 2.75) is 19.0 Å². The molecule has 3 aromatic carbocycles. The molecule has 5 aromatic rings. The molecule has 0 saturated heterocycles. The number of furan rings is 1. The van der Waals surface area contributed by atoms with E-state index in [0.717, 1.165) is 22.2 Å². The summed E-state index contributed by atoms with van der Waals surface area (Å²) in [6.07, 6.45) is 0. The van der Waals surface area contributed by atoms with E-state index in [2.05, 4.69) is 5.32 Å². The number of hydrogen-bond donors (Lipinski definition) is 1. The molecule has 0 spiro atoms. The lowest BCUT2D eigenvalue weighted by Crippen LogP contribution is -2.22. The van der Waals surface area contributed by atoms with Gasteiger partial charge < -0.3 is 14.5 Å². The Labute approximate surface area is 205 Å². The largest absolute Gasteiger partial charge is 0.497 e. The predicted octanol–water partition coefficient (Wildman–Crippen LogP) is 5.49. The van der Waals surface area contributed by atoms with E-state index < -0.39 is 0 Å². The average molecular weight is 486 g/mol. The highest BCUT2D eigenvalue weighted by atomic mass is 32.2. The highest BCUT2D eigenvalue weighted by Gasteiger charge is 2.20. The average Bonchev–Trinajstić information content (AvgIpc) is 3.24. The molecule has 0 aliphatic heterocycles. The van der Waals surface area contributed by atoms with E-state index in [1.54, 1.807) is 37.4 Å². The molecule has 5 rings (SSSR count). The van der Waals surface area contributed by atoms with Gasteiger partial charge in [-0.3, -0.25) is 14.2 Å². The molecule has 1 N–H and O–H groups in total. The van der Waals surface area contributed by atoms with Gasteiger partial charge in [0.25, 0.3) is 0 Å². The number of hydrogen-bond acceptors (Lipinski definition) is 6. The normalized spacial score (nSPS) is 11.2. The molecular formula is C27H23N3O4S. The van der Waals surface area contributed by atoms with Crippen LogP contribution in [0.25, 0.3) is 27.8 Å². The molecule has 2 heterocycles. The van der Waals surface area contributed by atoms with Crippen molar-refractivity contribution < 1.29 is 13.9 Å². The number of nitrogens with zero attached hydrogens (tertiary/aromatic N) is 2. The SMILES string of the molecule is COc1ccc(-n2c(SCC(=O)Nc3cc(C)ccc3C)nc3c(oc4ccccc43)c2=O)cc1. The summed E-state index contributed by atoms with van der Waals surface area (Å²) in [4.78, 5) is 31.2. The second-order valence-electron chi connectivity index (χ2n) is 8.16. The molecule has 0 aliphatic rings. The van der Waals surface area contributed by atoms with Crippen LogP contribution in [-0.4, -0.2) is 28.3 Å². The summed E-state index contributed by atoms with van der Waals surface area (Å²) in [7, 11) is 1.58. The third-order valence-electron chi connectivity index (χ3n) is 5.70. The Morgan fingerprint density at radius 1 is 1.09 bits per heavy atom. The van der Waals surface area contributed by atoms with Gasteiger partial charge in [0.1, 0.15) is 16.8 Å². The van der Waals surface area contributed by atoms with E-state index in [-0.39, 0.29) is 22.8 Å². The van der Waals surface area contributed by atoms with Crippen LogP contribution >= 0.6 is 11.8 Å². The molecule has 0 fully saturated rings. The minimum absolute atomic E-state index is 0.0806. The lowest BCUT2D eigenvalue weighted by Gasteiger charge is -2.13. The maximum absolute atomic E-state index is 13.6. The first kappa shape index (κ1) is 22.7. The smallest absolute Gasteiger partial charge is 0.302 e. The number of methoxy groups -OCH3 is 1. The number of carbonyl (C=O) groups excluding carboxylic acids is 1. The first-order chi connectivity index (χ1) is 16.9. The topological polar surface area (TPSA) is 86.4 Å². The maximum Gasteiger partial charge on any atom is 0.302 e. The molecule has 0 radical (unpaired) electrons. The highest BCUT2D eigenvalue weighted by molar-refractivity contribution is 7.99. The van der Waals surface area contributed by atoms with Gasteiger partial charge in [-0.25, -0.2) is 4.98 Å². The minimum atomic E-state index is -0.339. The molecule has 35 heavy (non-hydrogen) atoms.